The monoisotopic (exact) mass is 208 g/mol. The standard InChI is InChI=1S/C6H7F3N4O/c1-3-11-4(13-12-3)5(14)10-2-6(7,8)9/h2H2,1H3,(H,10,14)(H,11,12,13). The van der Waals surface area contributed by atoms with E-state index in [2.05, 4.69) is 15.2 Å². The maximum absolute atomic E-state index is 11.7. The third-order valence-electron chi connectivity index (χ3n) is 1.25. The minimum absolute atomic E-state index is 0.299. The van der Waals surface area contributed by atoms with Gasteiger partial charge in [-0.2, -0.15) is 13.2 Å². The van der Waals surface area contributed by atoms with Crippen molar-refractivity contribution in [2.45, 2.75) is 13.1 Å². The van der Waals surface area contributed by atoms with Crippen LogP contribution < -0.4 is 5.32 Å². The number of nitrogens with zero attached hydrogens (tertiary/aromatic N) is 2. The zero-order valence-corrected chi connectivity index (χ0v) is 7.14. The number of hydrogen-bond donors (Lipinski definition) is 2. The normalized spacial score (nSPS) is 11.4. The first kappa shape index (κ1) is 10.5. The molecular weight excluding hydrogens is 201 g/mol. The van der Waals surface area contributed by atoms with Crippen molar-refractivity contribution in [3.8, 4) is 0 Å². The number of carbonyl (C=O) groups excluding carboxylic acids is 1. The van der Waals surface area contributed by atoms with Gasteiger partial charge in [0.15, 0.2) is 0 Å². The highest BCUT2D eigenvalue weighted by Gasteiger charge is 2.28. The van der Waals surface area contributed by atoms with Crippen molar-refractivity contribution in [3.05, 3.63) is 11.6 Å². The lowest BCUT2D eigenvalue weighted by Crippen LogP contribution is -2.34. The van der Waals surface area contributed by atoms with Gasteiger partial charge in [0.1, 0.15) is 12.4 Å². The molecule has 14 heavy (non-hydrogen) atoms. The molecule has 0 fully saturated rings. The molecule has 2 N–H and O–H groups in total. The molecule has 0 saturated carbocycles. The molecule has 0 atom stereocenters. The van der Waals surface area contributed by atoms with Crippen LogP contribution in [0.15, 0.2) is 0 Å². The third kappa shape index (κ3) is 3.04. The summed E-state index contributed by atoms with van der Waals surface area (Å²) in [6, 6.07) is 0. The van der Waals surface area contributed by atoms with E-state index in [4.69, 9.17) is 0 Å². The van der Waals surface area contributed by atoms with Crippen LogP contribution in [0.5, 0.6) is 0 Å². The van der Waals surface area contributed by atoms with Gasteiger partial charge in [-0.25, -0.2) is 4.98 Å². The Bertz CT molecular complexity index is 332. The number of amides is 1. The van der Waals surface area contributed by atoms with Gasteiger partial charge in [0, 0.05) is 0 Å². The van der Waals surface area contributed by atoms with Crippen molar-refractivity contribution in [3.63, 3.8) is 0 Å². The van der Waals surface area contributed by atoms with Gasteiger partial charge in [-0.3, -0.25) is 9.89 Å². The first-order chi connectivity index (χ1) is 6.38. The van der Waals surface area contributed by atoms with Crippen LogP contribution in [0.3, 0.4) is 0 Å². The zero-order chi connectivity index (χ0) is 10.8. The van der Waals surface area contributed by atoms with E-state index < -0.39 is 18.6 Å². The molecular formula is C6H7F3N4O. The number of rotatable bonds is 2. The quantitative estimate of drug-likeness (QED) is 0.739. The van der Waals surface area contributed by atoms with Crippen LogP contribution in [-0.4, -0.2) is 33.8 Å². The highest BCUT2D eigenvalue weighted by molar-refractivity contribution is 5.90. The Labute approximate surface area is 76.7 Å². The molecule has 0 saturated heterocycles. The molecule has 0 bridgehead atoms. The maximum atomic E-state index is 11.7. The fourth-order valence-electron chi connectivity index (χ4n) is 0.704. The van der Waals surface area contributed by atoms with Crippen LogP contribution in [0.25, 0.3) is 0 Å². The minimum Gasteiger partial charge on any atom is -0.340 e. The third-order valence-corrected chi connectivity index (χ3v) is 1.25. The molecule has 78 valence electrons. The van der Waals surface area contributed by atoms with Crippen molar-refractivity contribution >= 4 is 5.91 Å². The Balaban J connectivity index is 2.52. The number of aromatic nitrogens is 3. The summed E-state index contributed by atoms with van der Waals surface area (Å²) in [4.78, 5) is 14.5. The summed E-state index contributed by atoms with van der Waals surface area (Å²) in [5.74, 6) is -0.888. The van der Waals surface area contributed by atoms with Crippen molar-refractivity contribution in [2.75, 3.05) is 6.54 Å². The fourth-order valence-corrected chi connectivity index (χ4v) is 0.704. The smallest absolute Gasteiger partial charge is 0.340 e. The Morgan fingerprint density at radius 1 is 1.57 bits per heavy atom. The van der Waals surface area contributed by atoms with Crippen molar-refractivity contribution in [2.24, 2.45) is 0 Å². The van der Waals surface area contributed by atoms with E-state index in [1.165, 1.54) is 6.92 Å². The summed E-state index contributed by atoms with van der Waals surface area (Å²) in [5, 5.41) is 7.39. The lowest BCUT2D eigenvalue weighted by molar-refractivity contribution is -0.123. The van der Waals surface area contributed by atoms with Gasteiger partial charge in [-0.1, -0.05) is 0 Å². The molecule has 0 aliphatic rings. The number of nitrogens with one attached hydrogen (secondary N) is 2. The molecule has 1 aromatic rings. The molecule has 0 unspecified atom stereocenters. The lowest BCUT2D eigenvalue weighted by Gasteiger charge is -2.05. The predicted molar refractivity (Wildman–Crippen MR) is 39.5 cm³/mol. The Kier molecular flexibility index (Phi) is 2.73. The summed E-state index contributed by atoms with van der Waals surface area (Å²) < 4.78 is 35.0. The molecule has 8 heteroatoms. The van der Waals surface area contributed by atoms with E-state index in [0.29, 0.717) is 5.82 Å². The molecule has 1 amide bonds. The van der Waals surface area contributed by atoms with Gasteiger partial charge >= 0.3 is 6.18 Å². The minimum atomic E-state index is -4.43. The fraction of sp³-hybridized carbons (Fsp3) is 0.500. The molecule has 0 aliphatic carbocycles. The summed E-state index contributed by atoms with van der Waals surface area (Å²) in [5.41, 5.74) is 0. The number of hydrogen-bond acceptors (Lipinski definition) is 3. The molecule has 0 spiro atoms. The van der Waals surface area contributed by atoms with Gasteiger partial charge in [-0.05, 0) is 6.92 Å². The molecule has 0 aromatic carbocycles. The van der Waals surface area contributed by atoms with Crippen LogP contribution in [0, 0.1) is 6.92 Å². The molecule has 5 nitrogen and oxygen atoms in total. The number of halogens is 3. The van der Waals surface area contributed by atoms with Crippen LogP contribution in [0.4, 0.5) is 13.2 Å². The average molecular weight is 208 g/mol. The Morgan fingerprint density at radius 2 is 2.21 bits per heavy atom. The lowest BCUT2D eigenvalue weighted by atomic mass is 10.5. The van der Waals surface area contributed by atoms with Crippen LogP contribution >= 0.6 is 0 Å². The summed E-state index contributed by atoms with van der Waals surface area (Å²) >= 11 is 0. The molecule has 1 heterocycles. The van der Waals surface area contributed by atoms with E-state index in [1.54, 1.807) is 5.32 Å². The van der Waals surface area contributed by atoms with Gasteiger partial charge in [0.25, 0.3) is 5.91 Å². The number of aromatic amines is 1. The topological polar surface area (TPSA) is 70.7 Å². The van der Waals surface area contributed by atoms with Crippen molar-refractivity contribution < 1.29 is 18.0 Å². The second-order valence-corrected chi connectivity index (χ2v) is 2.54. The van der Waals surface area contributed by atoms with Crippen LogP contribution in [0.2, 0.25) is 0 Å². The predicted octanol–water partition coefficient (Wildman–Crippen LogP) is 0.405. The SMILES string of the molecule is Cc1nc(C(=O)NCC(F)(F)F)n[nH]1. The first-order valence-corrected chi connectivity index (χ1v) is 3.62. The second-order valence-electron chi connectivity index (χ2n) is 2.54. The largest absolute Gasteiger partial charge is 0.405 e. The summed E-state index contributed by atoms with van der Waals surface area (Å²) in [7, 11) is 0. The van der Waals surface area contributed by atoms with Crippen molar-refractivity contribution in [1.29, 1.82) is 0 Å². The maximum Gasteiger partial charge on any atom is 0.405 e. The van der Waals surface area contributed by atoms with Gasteiger partial charge in [0.2, 0.25) is 5.82 Å². The van der Waals surface area contributed by atoms with Gasteiger partial charge in [0.05, 0.1) is 0 Å². The van der Waals surface area contributed by atoms with E-state index in [0.717, 1.165) is 0 Å². The van der Waals surface area contributed by atoms with E-state index >= 15 is 0 Å². The zero-order valence-electron chi connectivity index (χ0n) is 7.14. The van der Waals surface area contributed by atoms with Crippen molar-refractivity contribution in [1.82, 2.24) is 20.5 Å². The second kappa shape index (κ2) is 3.64. The van der Waals surface area contributed by atoms with Gasteiger partial charge < -0.3 is 5.32 Å². The number of carbonyl (C=O) groups is 1. The Hall–Kier alpha value is -1.60. The molecule has 0 radical (unpaired) electrons. The van der Waals surface area contributed by atoms with Crippen LogP contribution in [0.1, 0.15) is 16.4 Å². The van der Waals surface area contributed by atoms with E-state index in [1.807, 2.05) is 0 Å². The Morgan fingerprint density at radius 3 is 2.64 bits per heavy atom. The molecule has 0 aliphatic heterocycles. The van der Waals surface area contributed by atoms with E-state index in [-0.39, 0.29) is 5.82 Å². The summed E-state index contributed by atoms with van der Waals surface area (Å²) in [6.45, 7) is 0.146. The highest BCUT2D eigenvalue weighted by atomic mass is 19.4. The highest BCUT2D eigenvalue weighted by Crippen LogP contribution is 2.12. The summed E-state index contributed by atoms with van der Waals surface area (Å²) in [6.07, 6.45) is -4.43. The number of H-pyrrole nitrogens is 1. The van der Waals surface area contributed by atoms with E-state index in [9.17, 15) is 18.0 Å². The molecule has 1 aromatic heterocycles. The average Bonchev–Trinajstić information content (AvgIpc) is 2.46. The first-order valence-electron chi connectivity index (χ1n) is 3.62. The number of aryl methyl sites for hydroxylation is 1. The van der Waals surface area contributed by atoms with Gasteiger partial charge in [-0.15, -0.1) is 5.10 Å². The molecule has 1 rings (SSSR count). The van der Waals surface area contributed by atoms with Crippen LogP contribution in [-0.2, 0) is 0 Å². The number of alkyl halides is 3.